The number of carboxylic acids is 1. The summed E-state index contributed by atoms with van der Waals surface area (Å²) in [5.74, 6) is 0.188. The Bertz CT molecular complexity index is 323. The molecule has 0 aromatic rings. The molecule has 1 amide bonds. The van der Waals surface area contributed by atoms with Gasteiger partial charge in [-0.2, -0.15) is 0 Å². The van der Waals surface area contributed by atoms with Gasteiger partial charge in [0.25, 0.3) is 0 Å². The Hall–Kier alpha value is -1.06. The Labute approximate surface area is 108 Å². The Kier molecular flexibility index (Phi) is 4.25. The Balaban J connectivity index is 2.03. The van der Waals surface area contributed by atoms with Crippen LogP contribution in [0.3, 0.4) is 0 Å². The van der Waals surface area contributed by atoms with E-state index < -0.39 is 12.0 Å². The highest BCUT2D eigenvalue weighted by Crippen LogP contribution is 2.37. The van der Waals surface area contributed by atoms with Crippen LogP contribution in [0.4, 0.5) is 0 Å². The van der Waals surface area contributed by atoms with Gasteiger partial charge in [0, 0.05) is 13.0 Å². The van der Waals surface area contributed by atoms with E-state index in [1.807, 2.05) is 0 Å². The molecule has 4 nitrogen and oxygen atoms in total. The van der Waals surface area contributed by atoms with Crippen molar-refractivity contribution in [3.05, 3.63) is 0 Å². The quantitative estimate of drug-likeness (QED) is 0.839. The first-order valence-electron chi connectivity index (χ1n) is 7.15. The first-order chi connectivity index (χ1) is 8.63. The monoisotopic (exact) mass is 253 g/mol. The van der Waals surface area contributed by atoms with E-state index in [1.165, 1.54) is 32.1 Å². The van der Waals surface area contributed by atoms with Crippen LogP contribution in [-0.2, 0) is 9.59 Å². The van der Waals surface area contributed by atoms with Gasteiger partial charge in [-0.1, -0.05) is 39.0 Å². The largest absolute Gasteiger partial charge is 0.480 e. The third kappa shape index (κ3) is 2.68. The molecule has 1 heterocycles. The number of carbonyl (C=O) groups excluding carboxylic acids is 1. The molecule has 1 aliphatic heterocycles. The minimum Gasteiger partial charge on any atom is -0.480 e. The van der Waals surface area contributed by atoms with Crippen LogP contribution in [0, 0.1) is 11.8 Å². The molecular formula is C14H23NO3. The second-order valence-electron chi connectivity index (χ2n) is 5.65. The lowest BCUT2D eigenvalue weighted by atomic mass is 9.79. The molecule has 18 heavy (non-hydrogen) atoms. The molecule has 1 saturated carbocycles. The first kappa shape index (κ1) is 13.4. The van der Waals surface area contributed by atoms with Gasteiger partial charge in [0.15, 0.2) is 0 Å². The van der Waals surface area contributed by atoms with Crippen molar-refractivity contribution in [2.75, 3.05) is 6.54 Å². The van der Waals surface area contributed by atoms with Crippen LogP contribution >= 0.6 is 0 Å². The lowest BCUT2D eigenvalue weighted by Crippen LogP contribution is -2.40. The zero-order chi connectivity index (χ0) is 13.1. The summed E-state index contributed by atoms with van der Waals surface area (Å²) in [6, 6.07) is -0.579. The van der Waals surface area contributed by atoms with Crippen LogP contribution in [-0.4, -0.2) is 34.5 Å². The van der Waals surface area contributed by atoms with Crippen molar-refractivity contribution >= 4 is 11.9 Å². The number of amides is 1. The first-order valence-corrected chi connectivity index (χ1v) is 7.15. The standard InChI is InChI=1S/C14H23NO3/c1-2-13(16)15-9-11(8-12(15)14(17)18)10-6-4-3-5-7-10/h10-12H,2-9H2,1H3,(H,17,18)/t11-,12+/m1/s1. The van der Waals surface area contributed by atoms with E-state index in [-0.39, 0.29) is 5.91 Å². The van der Waals surface area contributed by atoms with E-state index in [0.29, 0.717) is 31.2 Å². The van der Waals surface area contributed by atoms with Crippen molar-refractivity contribution in [3.63, 3.8) is 0 Å². The summed E-state index contributed by atoms with van der Waals surface area (Å²) in [5.41, 5.74) is 0. The minimum absolute atomic E-state index is 0.0132. The predicted octanol–water partition coefficient (Wildman–Crippen LogP) is 2.28. The Morgan fingerprint density at radius 1 is 1.17 bits per heavy atom. The van der Waals surface area contributed by atoms with Gasteiger partial charge in [-0.05, 0) is 18.3 Å². The topological polar surface area (TPSA) is 57.6 Å². The number of aliphatic carboxylic acids is 1. The summed E-state index contributed by atoms with van der Waals surface area (Å²) in [6.45, 7) is 2.46. The molecule has 2 fully saturated rings. The average molecular weight is 253 g/mol. The molecule has 0 aromatic heterocycles. The SMILES string of the molecule is CCC(=O)N1C[C@H](C2CCCCC2)C[C@H]1C(=O)O. The van der Waals surface area contributed by atoms with Gasteiger partial charge in [0.1, 0.15) is 6.04 Å². The summed E-state index contributed by atoms with van der Waals surface area (Å²) in [7, 11) is 0. The van der Waals surface area contributed by atoms with Crippen LogP contribution in [0.2, 0.25) is 0 Å². The number of carboxylic acid groups (broad SMARTS) is 1. The molecule has 0 aromatic carbocycles. The molecule has 2 aliphatic rings. The number of carbonyl (C=O) groups is 2. The molecule has 0 spiro atoms. The third-order valence-electron chi connectivity index (χ3n) is 4.56. The molecule has 0 bridgehead atoms. The molecule has 1 N–H and O–H groups in total. The highest BCUT2D eigenvalue weighted by molar-refractivity contribution is 5.84. The molecular weight excluding hydrogens is 230 g/mol. The Morgan fingerprint density at radius 3 is 2.39 bits per heavy atom. The number of likely N-dealkylation sites (tertiary alicyclic amines) is 1. The number of rotatable bonds is 3. The lowest BCUT2D eigenvalue weighted by Gasteiger charge is -2.27. The van der Waals surface area contributed by atoms with Crippen molar-refractivity contribution in [3.8, 4) is 0 Å². The normalized spacial score (nSPS) is 29.5. The maximum absolute atomic E-state index is 11.8. The van der Waals surface area contributed by atoms with Crippen LogP contribution in [0.15, 0.2) is 0 Å². The van der Waals surface area contributed by atoms with Crippen molar-refractivity contribution in [2.45, 2.75) is 57.9 Å². The van der Waals surface area contributed by atoms with E-state index in [2.05, 4.69) is 0 Å². The van der Waals surface area contributed by atoms with Gasteiger partial charge in [0.05, 0.1) is 0 Å². The summed E-state index contributed by atoms with van der Waals surface area (Å²) in [5, 5.41) is 9.25. The predicted molar refractivity (Wildman–Crippen MR) is 68.1 cm³/mol. The van der Waals surface area contributed by atoms with Crippen molar-refractivity contribution in [2.24, 2.45) is 11.8 Å². The smallest absolute Gasteiger partial charge is 0.326 e. The fraction of sp³-hybridized carbons (Fsp3) is 0.857. The highest BCUT2D eigenvalue weighted by atomic mass is 16.4. The molecule has 0 radical (unpaired) electrons. The number of hydrogen-bond donors (Lipinski definition) is 1. The van der Waals surface area contributed by atoms with Gasteiger partial charge in [-0.15, -0.1) is 0 Å². The van der Waals surface area contributed by atoms with Gasteiger partial charge >= 0.3 is 5.97 Å². The highest BCUT2D eigenvalue weighted by Gasteiger charge is 2.41. The van der Waals surface area contributed by atoms with Crippen LogP contribution in [0.5, 0.6) is 0 Å². The summed E-state index contributed by atoms with van der Waals surface area (Å²) < 4.78 is 0. The summed E-state index contributed by atoms with van der Waals surface area (Å²) in [6.07, 6.45) is 7.33. The Morgan fingerprint density at radius 2 is 1.83 bits per heavy atom. The number of hydrogen-bond acceptors (Lipinski definition) is 2. The molecule has 2 rings (SSSR count). The number of nitrogens with zero attached hydrogens (tertiary/aromatic N) is 1. The van der Waals surface area contributed by atoms with Crippen molar-refractivity contribution < 1.29 is 14.7 Å². The molecule has 4 heteroatoms. The third-order valence-corrected chi connectivity index (χ3v) is 4.56. The molecule has 1 saturated heterocycles. The van der Waals surface area contributed by atoms with E-state index in [9.17, 15) is 14.7 Å². The summed E-state index contributed by atoms with van der Waals surface area (Å²) in [4.78, 5) is 24.7. The molecule has 1 aliphatic carbocycles. The zero-order valence-electron chi connectivity index (χ0n) is 11.1. The van der Waals surface area contributed by atoms with Crippen molar-refractivity contribution in [1.82, 2.24) is 4.90 Å². The molecule has 0 unspecified atom stereocenters. The van der Waals surface area contributed by atoms with Gasteiger partial charge < -0.3 is 10.0 Å². The van der Waals surface area contributed by atoms with Crippen LogP contribution < -0.4 is 0 Å². The lowest BCUT2D eigenvalue weighted by molar-refractivity contribution is -0.148. The van der Waals surface area contributed by atoms with Crippen LogP contribution in [0.25, 0.3) is 0 Å². The van der Waals surface area contributed by atoms with Gasteiger partial charge in [-0.25, -0.2) is 4.79 Å². The van der Waals surface area contributed by atoms with Gasteiger partial charge in [0.2, 0.25) is 5.91 Å². The average Bonchev–Trinajstić information content (AvgIpc) is 2.84. The van der Waals surface area contributed by atoms with Crippen LogP contribution in [0.1, 0.15) is 51.9 Å². The van der Waals surface area contributed by atoms with Crippen molar-refractivity contribution in [1.29, 1.82) is 0 Å². The fourth-order valence-corrected chi connectivity index (χ4v) is 3.53. The van der Waals surface area contributed by atoms with Gasteiger partial charge in [-0.3, -0.25) is 4.79 Å². The summed E-state index contributed by atoms with van der Waals surface area (Å²) >= 11 is 0. The zero-order valence-corrected chi connectivity index (χ0v) is 11.1. The maximum atomic E-state index is 11.8. The second kappa shape index (κ2) is 5.72. The van der Waals surface area contributed by atoms with E-state index in [0.717, 1.165) is 0 Å². The van der Waals surface area contributed by atoms with E-state index in [4.69, 9.17) is 0 Å². The molecule has 102 valence electrons. The fourth-order valence-electron chi connectivity index (χ4n) is 3.53. The van der Waals surface area contributed by atoms with E-state index >= 15 is 0 Å². The molecule has 2 atom stereocenters. The minimum atomic E-state index is -0.838. The second-order valence-corrected chi connectivity index (χ2v) is 5.65. The maximum Gasteiger partial charge on any atom is 0.326 e. The van der Waals surface area contributed by atoms with E-state index in [1.54, 1.807) is 11.8 Å².